The van der Waals surface area contributed by atoms with Gasteiger partial charge in [0.2, 0.25) is 0 Å². The third kappa shape index (κ3) is 3.77. The number of ether oxygens (including phenoxy) is 1. The summed E-state index contributed by atoms with van der Waals surface area (Å²) in [6.07, 6.45) is 0. The van der Waals surface area contributed by atoms with E-state index in [1.807, 2.05) is 35.9 Å². The molecule has 0 aliphatic heterocycles. The second-order valence-electron chi connectivity index (χ2n) is 6.66. The van der Waals surface area contributed by atoms with Crippen LogP contribution in [0, 0.1) is 13.8 Å². The number of methoxy groups -OCH3 is 1. The Balaban J connectivity index is 2.07. The van der Waals surface area contributed by atoms with Crippen molar-refractivity contribution in [2.24, 2.45) is 0 Å². The lowest BCUT2D eigenvalue weighted by molar-refractivity contribution is 0.288. The van der Waals surface area contributed by atoms with Crippen LogP contribution in [0.2, 0.25) is 0 Å². The molecule has 0 fully saturated rings. The number of likely N-dealkylation sites (N-methyl/N-ethyl adjacent to an activating group) is 1. The molecule has 0 spiro atoms. The third-order valence-electron chi connectivity index (χ3n) is 5.12. The van der Waals surface area contributed by atoms with E-state index in [0.717, 1.165) is 58.1 Å². The summed E-state index contributed by atoms with van der Waals surface area (Å²) in [6.45, 7) is 11.7. The maximum absolute atomic E-state index is 13.3. The number of hydrogen-bond acceptors (Lipinski definition) is 5. The van der Waals surface area contributed by atoms with Crippen LogP contribution >= 0.6 is 11.3 Å². The molecular formula is C21H27N3O2S. The maximum atomic E-state index is 13.3. The molecule has 0 atom stereocenters. The van der Waals surface area contributed by atoms with Crippen LogP contribution in [-0.2, 0) is 6.54 Å². The van der Waals surface area contributed by atoms with E-state index in [1.165, 1.54) is 11.3 Å². The summed E-state index contributed by atoms with van der Waals surface area (Å²) in [6, 6.07) is 6.03. The summed E-state index contributed by atoms with van der Waals surface area (Å²) >= 11 is 1.53. The van der Waals surface area contributed by atoms with Gasteiger partial charge in [0.15, 0.2) is 0 Å². The van der Waals surface area contributed by atoms with Crippen LogP contribution < -0.4 is 10.3 Å². The second-order valence-corrected chi connectivity index (χ2v) is 7.51. The van der Waals surface area contributed by atoms with Crippen molar-refractivity contribution < 1.29 is 4.74 Å². The van der Waals surface area contributed by atoms with Crippen molar-refractivity contribution in [3.63, 3.8) is 0 Å². The Kier molecular flexibility index (Phi) is 5.97. The lowest BCUT2D eigenvalue weighted by Gasteiger charge is -2.19. The molecule has 3 aromatic rings. The van der Waals surface area contributed by atoms with Crippen molar-refractivity contribution in [3.05, 3.63) is 45.3 Å². The fourth-order valence-corrected chi connectivity index (χ4v) is 4.41. The van der Waals surface area contributed by atoms with Crippen molar-refractivity contribution in [1.29, 1.82) is 0 Å². The zero-order chi connectivity index (χ0) is 19.6. The van der Waals surface area contributed by atoms with E-state index in [9.17, 15) is 4.79 Å². The number of hydrogen-bond donors (Lipinski definition) is 0. The molecule has 0 aliphatic carbocycles. The third-order valence-corrected chi connectivity index (χ3v) is 6.00. The molecule has 0 amide bonds. The molecule has 1 aromatic carbocycles. The standard InChI is InChI=1S/C21H27N3O2S/c1-6-23(7-2)10-11-24-15(4)22-20-19(21(24)25)17(13-27-20)16-8-9-18(26-5)14(3)12-16/h8-9,12-13H,6-7,10-11H2,1-5H3. The molecule has 0 N–H and O–H groups in total. The van der Waals surface area contributed by atoms with Gasteiger partial charge in [-0.05, 0) is 50.2 Å². The lowest BCUT2D eigenvalue weighted by Crippen LogP contribution is -2.32. The topological polar surface area (TPSA) is 47.4 Å². The van der Waals surface area contributed by atoms with Crippen LogP contribution in [0.1, 0.15) is 25.2 Å². The van der Waals surface area contributed by atoms with Crippen molar-refractivity contribution in [2.45, 2.75) is 34.2 Å². The van der Waals surface area contributed by atoms with Gasteiger partial charge >= 0.3 is 0 Å². The van der Waals surface area contributed by atoms with Crippen molar-refractivity contribution >= 4 is 21.6 Å². The highest BCUT2D eigenvalue weighted by atomic mass is 32.1. The first-order valence-electron chi connectivity index (χ1n) is 9.36. The van der Waals surface area contributed by atoms with Crippen molar-refractivity contribution in [3.8, 4) is 16.9 Å². The van der Waals surface area contributed by atoms with Gasteiger partial charge in [-0.3, -0.25) is 9.36 Å². The Hall–Kier alpha value is -2.18. The summed E-state index contributed by atoms with van der Waals surface area (Å²) in [7, 11) is 1.67. The van der Waals surface area contributed by atoms with E-state index < -0.39 is 0 Å². The number of aromatic nitrogens is 2. The zero-order valence-corrected chi connectivity index (χ0v) is 17.5. The largest absolute Gasteiger partial charge is 0.496 e. The maximum Gasteiger partial charge on any atom is 0.262 e. The predicted octanol–water partition coefficient (Wildman–Crippen LogP) is 4.09. The molecule has 0 bridgehead atoms. The average Bonchev–Trinajstić information content (AvgIpc) is 3.08. The van der Waals surface area contributed by atoms with E-state index in [1.54, 1.807) is 7.11 Å². The number of thiophene rings is 1. The molecule has 0 saturated carbocycles. The minimum absolute atomic E-state index is 0.0503. The minimum atomic E-state index is 0.0503. The first kappa shape index (κ1) is 19.6. The fraction of sp³-hybridized carbons (Fsp3) is 0.429. The lowest BCUT2D eigenvalue weighted by atomic mass is 10.0. The highest BCUT2D eigenvalue weighted by molar-refractivity contribution is 7.17. The monoisotopic (exact) mass is 385 g/mol. The minimum Gasteiger partial charge on any atom is -0.496 e. The van der Waals surface area contributed by atoms with Crippen LogP contribution in [0.4, 0.5) is 0 Å². The number of fused-ring (bicyclic) bond motifs is 1. The van der Waals surface area contributed by atoms with E-state index in [-0.39, 0.29) is 5.56 Å². The quantitative estimate of drug-likeness (QED) is 0.614. The summed E-state index contributed by atoms with van der Waals surface area (Å²) in [4.78, 5) is 21.1. The van der Waals surface area contributed by atoms with Gasteiger partial charge in [0.05, 0.1) is 12.5 Å². The van der Waals surface area contributed by atoms with Gasteiger partial charge in [0, 0.05) is 24.0 Å². The van der Waals surface area contributed by atoms with Gasteiger partial charge < -0.3 is 9.64 Å². The van der Waals surface area contributed by atoms with Gasteiger partial charge in [0.25, 0.3) is 5.56 Å². The number of nitrogens with zero attached hydrogens (tertiary/aromatic N) is 3. The van der Waals surface area contributed by atoms with E-state index in [0.29, 0.717) is 6.54 Å². The molecule has 2 heterocycles. The molecule has 5 nitrogen and oxygen atoms in total. The molecule has 3 rings (SSSR count). The fourth-order valence-electron chi connectivity index (χ4n) is 3.43. The van der Waals surface area contributed by atoms with Crippen LogP contribution in [-0.4, -0.2) is 41.2 Å². The summed E-state index contributed by atoms with van der Waals surface area (Å²) < 4.78 is 7.17. The molecule has 0 unspecified atom stereocenters. The predicted molar refractivity (Wildman–Crippen MR) is 113 cm³/mol. The van der Waals surface area contributed by atoms with Crippen LogP contribution in [0.5, 0.6) is 5.75 Å². The van der Waals surface area contributed by atoms with Gasteiger partial charge in [-0.15, -0.1) is 11.3 Å². The first-order valence-corrected chi connectivity index (χ1v) is 10.2. The highest BCUT2D eigenvalue weighted by Gasteiger charge is 2.16. The number of benzene rings is 1. The van der Waals surface area contributed by atoms with Gasteiger partial charge in [0.1, 0.15) is 16.4 Å². The molecule has 0 aliphatic rings. The zero-order valence-electron chi connectivity index (χ0n) is 16.7. The van der Waals surface area contributed by atoms with E-state index >= 15 is 0 Å². The Morgan fingerprint density at radius 1 is 1.22 bits per heavy atom. The van der Waals surface area contributed by atoms with Gasteiger partial charge in [-0.2, -0.15) is 0 Å². The Bertz CT molecular complexity index is 1000. The smallest absolute Gasteiger partial charge is 0.262 e. The summed E-state index contributed by atoms with van der Waals surface area (Å²) in [5.74, 6) is 1.63. The van der Waals surface area contributed by atoms with Crippen LogP contribution in [0.25, 0.3) is 21.3 Å². The Morgan fingerprint density at radius 3 is 2.59 bits per heavy atom. The molecule has 27 heavy (non-hydrogen) atoms. The molecule has 2 aromatic heterocycles. The number of rotatable bonds is 7. The SMILES string of the molecule is CCN(CC)CCn1c(C)nc2scc(-c3ccc(OC)c(C)c3)c2c1=O. The Labute approximate surface area is 164 Å². The summed E-state index contributed by atoms with van der Waals surface area (Å²) in [5, 5.41) is 2.75. The number of aryl methyl sites for hydroxylation is 2. The van der Waals surface area contributed by atoms with E-state index in [2.05, 4.69) is 24.8 Å². The average molecular weight is 386 g/mol. The van der Waals surface area contributed by atoms with Crippen molar-refractivity contribution in [1.82, 2.24) is 14.5 Å². The normalized spacial score (nSPS) is 11.5. The van der Waals surface area contributed by atoms with Crippen LogP contribution in [0.15, 0.2) is 28.4 Å². The highest BCUT2D eigenvalue weighted by Crippen LogP contribution is 2.33. The second kappa shape index (κ2) is 8.23. The van der Waals surface area contributed by atoms with Gasteiger partial charge in [-0.25, -0.2) is 4.98 Å². The van der Waals surface area contributed by atoms with E-state index in [4.69, 9.17) is 9.72 Å². The van der Waals surface area contributed by atoms with Crippen molar-refractivity contribution in [2.75, 3.05) is 26.7 Å². The first-order chi connectivity index (χ1) is 13.0. The molecule has 0 radical (unpaired) electrons. The summed E-state index contributed by atoms with van der Waals surface area (Å²) in [5.41, 5.74) is 3.08. The van der Waals surface area contributed by atoms with Crippen LogP contribution in [0.3, 0.4) is 0 Å². The molecule has 0 saturated heterocycles. The molecule has 6 heteroatoms. The molecule has 144 valence electrons. The Morgan fingerprint density at radius 2 is 1.96 bits per heavy atom. The molecular weight excluding hydrogens is 358 g/mol. The van der Waals surface area contributed by atoms with Gasteiger partial charge in [-0.1, -0.05) is 19.9 Å².